The highest BCUT2D eigenvalue weighted by Gasteiger charge is 2.28. The molecule has 1 aliphatic carbocycles. The topological polar surface area (TPSA) is 46.2 Å². The minimum absolute atomic E-state index is 0. The Hall–Kier alpha value is -0.280. The first-order chi connectivity index (χ1) is 7.68. The second-order valence-corrected chi connectivity index (χ2v) is 5.05. The first-order valence-electron chi connectivity index (χ1n) is 5.87. The van der Waals surface area contributed by atoms with E-state index in [1.165, 1.54) is 12.8 Å². The van der Waals surface area contributed by atoms with Gasteiger partial charge < -0.3 is 10.8 Å². The Morgan fingerprint density at radius 3 is 2.53 bits per heavy atom. The molecular formula is C13H19Cl2NO. The molecule has 1 saturated carbocycles. The van der Waals surface area contributed by atoms with Crippen molar-refractivity contribution >= 4 is 24.0 Å². The molecule has 0 radical (unpaired) electrons. The largest absolute Gasteiger partial charge is 0.391 e. The maximum atomic E-state index is 10.2. The molecule has 1 fully saturated rings. The molecule has 0 saturated heterocycles. The lowest BCUT2D eigenvalue weighted by atomic mass is 9.91. The lowest BCUT2D eigenvalue weighted by Gasteiger charge is -2.24. The molecule has 1 aromatic rings. The Labute approximate surface area is 114 Å². The van der Waals surface area contributed by atoms with E-state index in [9.17, 15) is 5.11 Å². The monoisotopic (exact) mass is 275 g/mol. The lowest BCUT2D eigenvalue weighted by Crippen LogP contribution is -2.31. The number of hydrogen-bond acceptors (Lipinski definition) is 2. The zero-order valence-electron chi connectivity index (χ0n) is 9.68. The molecular weight excluding hydrogens is 257 g/mol. The van der Waals surface area contributed by atoms with Crippen LogP contribution in [0.2, 0.25) is 5.02 Å². The predicted octanol–water partition coefficient (Wildman–Crippen LogP) is 3.31. The molecule has 0 bridgehead atoms. The van der Waals surface area contributed by atoms with Crippen molar-refractivity contribution in [3.8, 4) is 0 Å². The molecule has 0 spiro atoms. The first-order valence-corrected chi connectivity index (χ1v) is 6.25. The van der Waals surface area contributed by atoms with Crippen LogP contribution in [0.5, 0.6) is 0 Å². The average Bonchev–Trinajstić information content (AvgIpc) is 2.80. The minimum atomic E-state index is -0.444. The number of halogens is 2. The summed E-state index contributed by atoms with van der Waals surface area (Å²) in [6.45, 7) is 0. The summed E-state index contributed by atoms with van der Waals surface area (Å²) in [5, 5.41) is 10.9. The third-order valence-electron chi connectivity index (χ3n) is 3.48. The molecule has 1 aromatic carbocycles. The molecule has 17 heavy (non-hydrogen) atoms. The normalized spacial score (nSPS) is 19.7. The van der Waals surface area contributed by atoms with E-state index in [-0.39, 0.29) is 18.4 Å². The number of rotatable bonds is 3. The quantitative estimate of drug-likeness (QED) is 0.889. The van der Waals surface area contributed by atoms with Crippen LogP contribution in [-0.2, 0) is 0 Å². The van der Waals surface area contributed by atoms with Gasteiger partial charge in [0.05, 0.1) is 12.1 Å². The zero-order chi connectivity index (χ0) is 11.5. The summed E-state index contributed by atoms with van der Waals surface area (Å²) in [5.74, 6) is 0.356. The van der Waals surface area contributed by atoms with E-state index in [4.69, 9.17) is 17.3 Å². The van der Waals surface area contributed by atoms with Gasteiger partial charge in [0, 0.05) is 5.02 Å². The molecule has 0 aromatic heterocycles. The Bertz CT molecular complexity index is 353. The Balaban J connectivity index is 0.00000144. The van der Waals surface area contributed by atoms with Gasteiger partial charge in [0.1, 0.15) is 0 Å². The number of aliphatic hydroxyl groups excluding tert-OH is 1. The smallest absolute Gasteiger partial charge is 0.0760 e. The van der Waals surface area contributed by atoms with Crippen LogP contribution >= 0.6 is 24.0 Å². The molecule has 0 heterocycles. The van der Waals surface area contributed by atoms with Crippen LogP contribution in [0.3, 0.4) is 0 Å². The molecule has 0 unspecified atom stereocenters. The summed E-state index contributed by atoms with van der Waals surface area (Å²) in [7, 11) is 0. The van der Waals surface area contributed by atoms with Crippen molar-refractivity contribution in [3.05, 3.63) is 34.9 Å². The van der Waals surface area contributed by atoms with Gasteiger partial charge in [-0.3, -0.25) is 0 Å². The van der Waals surface area contributed by atoms with Gasteiger partial charge in [-0.2, -0.15) is 0 Å². The van der Waals surface area contributed by atoms with Gasteiger partial charge in [-0.25, -0.2) is 0 Å². The van der Waals surface area contributed by atoms with E-state index in [1.54, 1.807) is 0 Å². The summed E-state index contributed by atoms with van der Waals surface area (Å²) in [4.78, 5) is 0. The number of hydrogen-bond donors (Lipinski definition) is 2. The van der Waals surface area contributed by atoms with Crippen LogP contribution in [0.1, 0.15) is 37.3 Å². The zero-order valence-corrected chi connectivity index (χ0v) is 11.3. The van der Waals surface area contributed by atoms with Gasteiger partial charge in [-0.15, -0.1) is 12.4 Å². The standard InChI is InChI=1S/C13H18ClNO.ClH/c14-11-7-3-6-10(8-11)12(15)13(16)9-4-1-2-5-9;/h3,6-9,12-13,16H,1-2,4-5,15H2;1H/t12-,13+;/m1./s1. The minimum Gasteiger partial charge on any atom is -0.391 e. The van der Waals surface area contributed by atoms with Crippen LogP contribution in [0.25, 0.3) is 0 Å². The third kappa shape index (κ3) is 3.59. The van der Waals surface area contributed by atoms with Gasteiger partial charge >= 0.3 is 0 Å². The highest BCUT2D eigenvalue weighted by atomic mass is 35.5. The summed E-state index contributed by atoms with van der Waals surface area (Å²) >= 11 is 5.92. The van der Waals surface area contributed by atoms with E-state index < -0.39 is 6.10 Å². The average molecular weight is 276 g/mol. The van der Waals surface area contributed by atoms with E-state index in [1.807, 2.05) is 24.3 Å². The second kappa shape index (κ2) is 6.60. The SMILES string of the molecule is Cl.N[C@H](c1cccc(Cl)c1)[C@@H](O)C1CCCC1. The fraction of sp³-hybridized carbons (Fsp3) is 0.538. The maximum absolute atomic E-state index is 10.2. The second-order valence-electron chi connectivity index (χ2n) is 4.62. The molecule has 2 rings (SSSR count). The van der Waals surface area contributed by atoms with Crippen LogP contribution in [-0.4, -0.2) is 11.2 Å². The van der Waals surface area contributed by atoms with Gasteiger partial charge in [0.2, 0.25) is 0 Å². The van der Waals surface area contributed by atoms with E-state index >= 15 is 0 Å². The van der Waals surface area contributed by atoms with Gasteiger partial charge in [-0.1, -0.05) is 36.6 Å². The van der Waals surface area contributed by atoms with Crippen molar-refractivity contribution < 1.29 is 5.11 Å². The Kier molecular flexibility index (Phi) is 5.74. The van der Waals surface area contributed by atoms with Crippen molar-refractivity contribution in [1.82, 2.24) is 0 Å². The van der Waals surface area contributed by atoms with Gasteiger partial charge in [-0.05, 0) is 36.5 Å². The lowest BCUT2D eigenvalue weighted by molar-refractivity contribution is 0.0845. The summed E-state index contributed by atoms with van der Waals surface area (Å²) < 4.78 is 0. The fourth-order valence-electron chi connectivity index (χ4n) is 2.50. The molecule has 1 aliphatic rings. The molecule has 3 N–H and O–H groups in total. The molecule has 96 valence electrons. The van der Waals surface area contributed by atoms with Gasteiger partial charge in [0.15, 0.2) is 0 Å². The van der Waals surface area contributed by atoms with Crippen LogP contribution in [0, 0.1) is 5.92 Å². The predicted molar refractivity (Wildman–Crippen MR) is 73.6 cm³/mol. The maximum Gasteiger partial charge on any atom is 0.0760 e. The van der Waals surface area contributed by atoms with Crippen molar-refractivity contribution in [1.29, 1.82) is 0 Å². The molecule has 4 heteroatoms. The number of aliphatic hydroxyl groups is 1. The van der Waals surface area contributed by atoms with Crippen LogP contribution in [0.15, 0.2) is 24.3 Å². The first kappa shape index (κ1) is 14.8. The van der Waals surface area contributed by atoms with Gasteiger partial charge in [0.25, 0.3) is 0 Å². The summed E-state index contributed by atoms with van der Waals surface area (Å²) in [6, 6.07) is 7.14. The molecule has 2 atom stereocenters. The number of benzene rings is 1. The van der Waals surface area contributed by atoms with E-state index in [0.717, 1.165) is 18.4 Å². The summed E-state index contributed by atoms with van der Waals surface area (Å²) in [5.41, 5.74) is 7.00. The van der Waals surface area contributed by atoms with Crippen molar-refractivity contribution in [2.45, 2.75) is 37.8 Å². The van der Waals surface area contributed by atoms with Crippen LogP contribution in [0.4, 0.5) is 0 Å². The Morgan fingerprint density at radius 2 is 1.94 bits per heavy atom. The van der Waals surface area contributed by atoms with Crippen LogP contribution < -0.4 is 5.73 Å². The third-order valence-corrected chi connectivity index (χ3v) is 3.72. The van der Waals surface area contributed by atoms with Crippen molar-refractivity contribution in [3.63, 3.8) is 0 Å². The Morgan fingerprint density at radius 1 is 1.29 bits per heavy atom. The highest BCUT2D eigenvalue weighted by molar-refractivity contribution is 6.30. The van der Waals surface area contributed by atoms with Crippen molar-refractivity contribution in [2.75, 3.05) is 0 Å². The van der Waals surface area contributed by atoms with Crippen molar-refractivity contribution in [2.24, 2.45) is 11.7 Å². The fourth-order valence-corrected chi connectivity index (χ4v) is 2.70. The highest BCUT2D eigenvalue weighted by Crippen LogP contribution is 2.32. The van der Waals surface area contributed by atoms with E-state index in [0.29, 0.717) is 10.9 Å². The molecule has 0 amide bonds. The summed E-state index contributed by atoms with van der Waals surface area (Å²) in [6.07, 6.45) is 4.17. The molecule has 2 nitrogen and oxygen atoms in total. The number of nitrogens with two attached hydrogens (primary N) is 1. The molecule has 0 aliphatic heterocycles. The van der Waals surface area contributed by atoms with E-state index in [2.05, 4.69) is 0 Å².